The van der Waals surface area contributed by atoms with E-state index < -0.39 is 6.04 Å². The van der Waals surface area contributed by atoms with Gasteiger partial charge in [-0.1, -0.05) is 22.0 Å². The summed E-state index contributed by atoms with van der Waals surface area (Å²) in [5, 5.41) is 0. The second-order valence-electron chi connectivity index (χ2n) is 4.62. The molecular weight excluding hydrogens is 337 g/mol. The summed E-state index contributed by atoms with van der Waals surface area (Å²) in [4.78, 5) is 0. The first-order chi connectivity index (χ1) is 10.1. The number of nitrogens with two attached hydrogens (primary N) is 1. The molecule has 21 heavy (non-hydrogen) atoms. The van der Waals surface area contributed by atoms with E-state index in [2.05, 4.69) is 15.9 Å². The molecule has 0 aliphatic carbocycles. The van der Waals surface area contributed by atoms with Gasteiger partial charge in [-0.25, -0.2) is 4.39 Å². The van der Waals surface area contributed by atoms with Crippen LogP contribution in [0.4, 0.5) is 4.39 Å². The molecule has 0 radical (unpaired) electrons. The topological polar surface area (TPSA) is 44.5 Å². The average Bonchev–Trinajstić information content (AvgIpc) is 2.47. The summed E-state index contributed by atoms with van der Waals surface area (Å²) in [5.74, 6) is 0.816. The minimum Gasteiger partial charge on any atom is -0.496 e. The first-order valence-electron chi connectivity index (χ1n) is 6.47. The molecule has 0 amide bonds. The highest BCUT2D eigenvalue weighted by Gasteiger charge is 2.19. The minimum absolute atomic E-state index is 0.365. The van der Waals surface area contributed by atoms with Crippen LogP contribution in [-0.4, -0.2) is 14.2 Å². The predicted octanol–water partition coefficient (Wildman–Crippen LogP) is 3.85. The van der Waals surface area contributed by atoms with Crippen molar-refractivity contribution in [2.75, 3.05) is 14.2 Å². The lowest BCUT2D eigenvalue weighted by atomic mass is 9.98. The van der Waals surface area contributed by atoms with Crippen LogP contribution in [0, 0.1) is 5.82 Å². The summed E-state index contributed by atoms with van der Waals surface area (Å²) in [6, 6.07) is 9.83. The molecule has 0 bridgehead atoms. The SMILES string of the molecule is COc1ccc(Br)cc1CC(N)c1c(F)cccc1OC. The highest BCUT2D eigenvalue weighted by molar-refractivity contribution is 9.10. The zero-order valence-electron chi connectivity index (χ0n) is 11.9. The van der Waals surface area contributed by atoms with Gasteiger partial charge in [0.15, 0.2) is 0 Å². The molecule has 1 atom stereocenters. The Morgan fingerprint density at radius 1 is 1.14 bits per heavy atom. The predicted molar refractivity (Wildman–Crippen MR) is 84.3 cm³/mol. The van der Waals surface area contributed by atoms with Crippen LogP contribution in [0.25, 0.3) is 0 Å². The lowest BCUT2D eigenvalue weighted by Gasteiger charge is -2.18. The van der Waals surface area contributed by atoms with Crippen LogP contribution in [0.5, 0.6) is 11.5 Å². The van der Waals surface area contributed by atoms with Crippen molar-refractivity contribution in [1.82, 2.24) is 0 Å². The number of ether oxygens (including phenoxy) is 2. The van der Waals surface area contributed by atoms with Crippen LogP contribution >= 0.6 is 15.9 Å². The fraction of sp³-hybridized carbons (Fsp3) is 0.250. The molecule has 0 fully saturated rings. The molecule has 0 saturated heterocycles. The van der Waals surface area contributed by atoms with Crippen LogP contribution in [0.15, 0.2) is 40.9 Å². The van der Waals surface area contributed by atoms with Crippen molar-refractivity contribution in [1.29, 1.82) is 0 Å². The number of hydrogen-bond donors (Lipinski definition) is 1. The van der Waals surface area contributed by atoms with Crippen molar-refractivity contribution < 1.29 is 13.9 Å². The number of benzene rings is 2. The molecule has 1 unspecified atom stereocenters. The molecule has 2 aromatic rings. The maximum atomic E-state index is 14.1. The highest BCUT2D eigenvalue weighted by atomic mass is 79.9. The summed E-state index contributed by atoms with van der Waals surface area (Å²) < 4.78 is 25.5. The smallest absolute Gasteiger partial charge is 0.131 e. The van der Waals surface area contributed by atoms with E-state index in [0.717, 1.165) is 15.8 Å². The molecule has 2 rings (SSSR count). The van der Waals surface area contributed by atoms with E-state index >= 15 is 0 Å². The Kier molecular flexibility index (Phi) is 5.20. The van der Waals surface area contributed by atoms with E-state index in [1.54, 1.807) is 19.2 Å². The molecule has 0 heterocycles. The molecule has 5 heteroatoms. The van der Waals surface area contributed by atoms with E-state index in [-0.39, 0.29) is 5.82 Å². The number of hydrogen-bond acceptors (Lipinski definition) is 3. The van der Waals surface area contributed by atoms with Crippen LogP contribution in [0.1, 0.15) is 17.2 Å². The van der Waals surface area contributed by atoms with Crippen molar-refractivity contribution in [3.8, 4) is 11.5 Å². The van der Waals surface area contributed by atoms with Gasteiger partial charge in [-0.15, -0.1) is 0 Å². The molecule has 0 aliphatic rings. The lowest BCUT2D eigenvalue weighted by Crippen LogP contribution is -2.16. The Bertz CT molecular complexity index is 634. The fourth-order valence-corrected chi connectivity index (χ4v) is 2.71. The van der Waals surface area contributed by atoms with Crippen molar-refractivity contribution in [3.63, 3.8) is 0 Å². The number of methoxy groups -OCH3 is 2. The van der Waals surface area contributed by atoms with Crippen molar-refractivity contribution >= 4 is 15.9 Å². The molecule has 2 aromatic carbocycles. The van der Waals surface area contributed by atoms with Gasteiger partial charge in [0.25, 0.3) is 0 Å². The minimum atomic E-state index is -0.524. The quantitative estimate of drug-likeness (QED) is 0.887. The third-order valence-electron chi connectivity index (χ3n) is 3.29. The molecule has 112 valence electrons. The normalized spacial score (nSPS) is 12.0. The summed E-state index contributed by atoms with van der Waals surface area (Å²) in [5.41, 5.74) is 7.47. The molecule has 2 N–H and O–H groups in total. The molecular formula is C16H17BrFNO2. The zero-order valence-corrected chi connectivity index (χ0v) is 13.5. The first-order valence-corrected chi connectivity index (χ1v) is 7.26. The van der Waals surface area contributed by atoms with Crippen molar-refractivity contribution in [3.05, 3.63) is 57.8 Å². The van der Waals surface area contributed by atoms with Gasteiger partial charge in [0, 0.05) is 16.1 Å². The maximum Gasteiger partial charge on any atom is 0.131 e. The van der Waals surface area contributed by atoms with Gasteiger partial charge >= 0.3 is 0 Å². The standard InChI is InChI=1S/C16H17BrFNO2/c1-20-14-7-6-11(17)8-10(14)9-13(19)16-12(18)4-3-5-15(16)21-2/h3-8,13H,9,19H2,1-2H3. The number of rotatable bonds is 5. The van der Waals surface area contributed by atoms with Gasteiger partial charge in [-0.05, 0) is 42.3 Å². The van der Waals surface area contributed by atoms with Gasteiger partial charge in [0.2, 0.25) is 0 Å². The Balaban J connectivity index is 2.34. The molecule has 0 spiro atoms. The summed E-state index contributed by atoms with van der Waals surface area (Å²) in [6.45, 7) is 0. The first kappa shape index (κ1) is 15.8. The monoisotopic (exact) mass is 353 g/mol. The maximum absolute atomic E-state index is 14.1. The second kappa shape index (κ2) is 6.91. The largest absolute Gasteiger partial charge is 0.496 e. The van der Waals surface area contributed by atoms with Crippen LogP contribution in [-0.2, 0) is 6.42 Å². The van der Waals surface area contributed by atoms with E-state index in [0.29, 0.717) is 17.7 Å². The Morgan fingerprint density at radius 2 is 1.86 bits per heavy atom. The van der Waals surface area contributed by atoms with Crippen LogP contribution in [0.3, 0.4) is 0 Å². The highest BCUT2D eigenvalue weighted by Crippen LogP contribution is 2.32. The third kappa shape index (κ3) is 3.54. The van der Waals surface area contributed by atoms with Crippen LogP contribution < -0.4 is 15.2 Å². The van der Waals surface area contributed by atoms with Crippen molar-refractivity contribution in [2.24, 2.45) is 5.73 Å². The van der Waals surface area contributed by atoms with E-state index in [4.69, 9.17) is 15.2 Å². The lowest BCUT2D eigenvalue weighted by molar-refractivity contribution is 0.395. The van der Waals surface area contributed by atoms with E-state index in [1.165, 1.54) is 13.2 Å². The third-order valence-corrected chi connectivity index (χ3v) is 3.78. The van der Waals surface area contributed by atoms with Gasteiger partial charge in [-0.2, -0.15) is 0 Å². The Hall–Kier alpha value is -1.59. The summed E-state index contributed by atoms with van der Waals surface area (Å²) in [7, 11) is 3.10. The zero-order chi connectivity index (χ0) is 15.4. The Morgan fingerprint density at radius 3 is 2.52 bits per heavy atom. The second-order valence-corrected chi connectivity index (χ2v) is 5.54. The van der Waals surface area contributed by atoms with Crippen molar-refractivity contribution in [2.45, 2.75) is 12.5 Å². The molecule has 0 saturated carbocycles. The van der Waals surface area contributed by atoms with Gasteiger partial charge in [0.1, 0.15) is 17.3 Å². The fourth-order valence-electron chi connectivity index (χ4n) is 2.30. The molecule has 0 aromatic heterocycles. The van der Waals surface area contributed by atoms with Crippen LogP contribution in [0.2, 0.25) is 0 Å². The molecule has 3 nitrogen and oxygen atoms in total. The van der Waals surface area contributed by atoms with Gasteiger partial charge < -0.3 is 15.2 Å². The van der Waals surface area contributed by atoms with E-state index in [9.17, 15) is 4.39 Å². The van der Waals surface area contributed by atoms with E-state index in [1.807, 2.05) is 18.2 Å². The Labute approximate surface area is 132 Å². The average molecular weight is 354 g/mol. The summed E-state index contributed by atoms with van der Waals surface area (Å²) in [6.07, 6.45) is 0.444. The summed E-state index contributed by atoms with van der Waals surface area (Å²) >= 11 is 3.42. The van der Waals surface area contributed by atoms with Gasteiger partial charge in [0.05, 0.1) is 14.2 Å². The van der Waals surface area contributed by atoms with Gasteiger partial charge in [-0.3, -0.25) is 0 Å². The molecule has 0 aliphatic heterocycles. The number of halogens is 2.